The third-order valence-corrected chi connectivity index (χ3v) is 2.94. The van der Waals surface area contributed by atoms with Crippen molar-refractivity contribution >= 4 is 5.82 Å². The Morgan fingerprint density at radius 3 is 2.70 bits per heavy atom. The Morgan fingerprint density at radius 1 is 1.25 bits per heavy atom. The van der Waals surface area contributed by atoms with Crippen molar-refractivity contribution < 1.29 is 4.39 Å². The molecular weight excluding hydrogens is 255 g/mol. The van der Waals surface area contributed by atoms with Gasteiger partial charge in [-0.25, -0.2) is 14.4 Å². The van der Waals surface area contributed by atoms with E-state index in [0.717, 1.165) is 24.3 Å². The second-order valence-corrected chi connectivity index (χ2v) is 4.27. The number of nitriles is 1. The SMILES string of the molecule is CCNc1ncnc(-c2cc(F)cc(C#N)c2)c1CC. The first kappa shape index (κ1) is 13.9. The van der Waals surface area contributed by atoms with Gasteiger partial charge in [-0.2, -0.15) is 5.26 Å². The molecule has 0 aliphatic rings. The molecule has 102 valence electrons. The second-order valence-electron chi connectivity index (χ2n) is 4.27. The highest BCUT2D eigenvalue weighted by Crippen LogP contribution is 2.27. The second kappa shape index (κ2) is 6.11. The summed E-state index contributed by atoms with van der Waals surface area (Å²) in [6, 6.07) is 6.19. The number of benzene rings is 1. The van der Waals surface area contributed by atoms with Crippen LogP contribution in [-0.4, -0.2) is 16.5 Å². The minimum absolute atomic E-state index is 0.283. The van der Waals surface area contributed by atoms with Crippen LogP contribution in [0.1, 0.15) is 25.0 Å². The van der Waals surface area contributed by atoms with Gasteiger partial charge < -0.3 is 5.32 Å². The molecule has 0 bridgehead atoms. The molecule has 0 spiro atoms. The summed E-state index contributed by atoms with van der Waals surface area (Å²) in [5.74, 6) is 0.312. The molecule has 0 saturated carbocycles. The maximum absolute atomic E-state index is 13.6. The third-order valence-electron chi connectivity index (χ3n) is 2.94. The highest BCUT2D eigenvalue weighted by molar-refractivity contribution is 5.69. The molecule has 0 fully saturated rings. The predicted molar refractivity (Wildman–Crippen MR) is 75.7 cm³/mol. The lowest BCUT2D eigenvalue weighted by Gasteiger charge is -2.12. The van der Waals surface area contributed by atoms with Gasteiger partial charge in [-0.1, -0.05) is 6.92 Å². The van der Waals surface area contributed by atoms with Gasteiger partial charge in [0.15, 0.2) is 0 Å². The molecule has 1 aromatic carbocycles. The third kappa shape index (κ3) is 2.75. The first-order valence-electron chi connectivity index (χ1n) is 6.48. The molecule has 0 saturated heterocycles. The molecule has 1 N–H and O–H groups in total. The fraction of sp³-hybridized carbons (Fsp3) is 0.267. The Balaban J connectivity index is 2.60. The van der Waals surface area contributed by atoms with E-state index in [1.54, 1.807) is 6.07 Å². The van der Waals surface area contributed by atoms with Gasteiger partial charge in [0.1, 0.15) is 18.0 Å². The molecule has 4 nitrogen and oxygen atoms in total. The van der Waals surface area contributed by atoms with E-state index < -0.39 is 5.82 Å². The minimum atomic E-state index is -0.440. The predicted octanol–water partition coefficient (Wildman–Crippen LogP) is 3.15. The summed E-state index contributed by atoms with van der Waals surface area (Å²) in [5, 5.41) is 12.1. The zero-order chi connectivity index (χ0) is 14.5. The fourth-order valence-corrected chi connectivity index (χ4v) is 2.11. The van der Waals surface area contributed by atoms with Gasteiger partial charge in [0.25, 0.3) is 0 Å². The Kier molecular flexibility index (Phi) is 4.26. The Hall–Kier alpha value is -2.48. The summed E-state index contributed by atoms with van der Waals surface area (Å²) in [5.41, 5.74) is 2.46. The summed E-state index contributed by atoms with van der Waals surface area (Å²) in [6.45, 7) is 4.72. The maximum atomic E-state index is 13.6. The van der Waals surface area contributed by atoms with Crippen molar-refractivity contribution in [1.82, 2.24) is 9.97 Å². The van der Waals surface area contributed by atoms with Gasteiger partial charge >= 0.3 is 0 Å². The van der Waals surface area contributed by atoms with Crippen molar-refractivity contribution in [2.75, 3.05) is 11.9 Å². The van der Waals surface area contributed by atoms with Crippen molar-refractivity contribution in [1.29, 1.82) is 5.26 Å². The summed E-state index contributed by atoms with van der Waals surface area (Å²) >= 11 is 0. The molecule has 0 aliphatic carbocycles. The van der Waals surface area contributed by atoms with Crippen LogP contribution in [0.3, 0.4) is 0 Å². The number of anilines is 1. The largest absolute Gasteiger partial charge is 0.370 e. The van der Waals surface area contributed by atoms with Crippen LogP contribution in [0, 0.1) is 17.1 Å². The van der Waals surface area contributed by atoms with Gasteiger partial charge in [-0.15, -0.1) is 0 Å². The number of hydrogen-bond acceptors (Lipinski definition) is 4. The van der Waals surface area contributed by atoms with E-state index in [-0.39, 0.29) is 5.56 Å². The van der Waals surface area contributed by atoms with Crippen LogP contribution in [0.2, 0.25) is 0 Å². The zero-order valence-corrected chi connectivity index (χ0v) is 11.4. The lowest BCUT2D eigenvalue weighted by atomic mass is 10.0. The van der Waals surface area contributed by atoms with Crippen LogP contribution in [-0.2, 0) is 6.42 Å². The highest BCUT2D eigenvalue weighted by Gasteiger charge is 2.12. The summed E-state index contributed by atoms with van der Waals surface area (Å²) in [7, 11) is 0. The molecule has 20 heavy (non-hydrogen) atoms. The number of hydrogen-bond donors (Lipinski definition) is 1. The van der Waals surface area contributed by atoms with Crippen molar-refractivity contribution in [3.8, 4) is 17.3 Å². The first-order valence-corrected chi connectivity index (χ1v) is 6.48. The van der Waals surface area contributed by atoms with E-state index in [1.807, 2.05) is 19.9 Å². The van der Waals surface area contributed by atoms with Crippen molar-refractivity contribution in [2.45, 2.75) is 20.3 Å². The van der Waals surface area contributed by atoms with Gasteiger partial charge in [0, 0.05) is 17.7 Å². The van der Waals surface area contributed by atoms with Crippen LogP contribution in [0.4, 0.5) is 10.2 Å². The Labute approximate surface area is 117 Å². The zero-order valence-electron chi connectivity index (χ0n) is 11.4. The quantitative estimate of drug-likeness (QED) is 0.927. The van der Waals surface area contributed by atoms with Gasteiger partial charge in [0.2, 0.25) is 0 Å². The van der Waals surface area contributed by atoms with Crippen LogP contribution in [0.15, 0.2) is 24.5 Å². The van der Waals surface area contributed by atoms with Gasteiger partial charge in [-0.05, 0) is 31.5 Å². The lowest BCUT2D eigenvalue weighted by Crippen LogP contribution is -2.06. The molecule has 0 unspecified atom stereocenters. The molecule has 1 aromatic heterocycles. The van der Waals surface area contributed by atoms with Crippen molar-refractivity contribution in [3.63, 3.8) is 0 Å². The molecule has 0 atom stereocenters. The summed E-state index contributed by atoms with van der Waals surface area (Å²) < 4.78 is 13.6. The van der Waals surface area contributed by atoms with Gasteiger partial charge in [-0.3, -0.25) is 0 Å². The Morgan fingerprint density at radius 2 is 2.05 bits per heavy atom. The van der Waals surface area contributed by atoms with E-state index in [2.05, 4.69) is 15.3 Å². The standard InChI is InChI=1S/C15H15FN4/c1-3-13-14(19-9-20-15(13)18-4-2)11-5-10(8-17)6-12(16)7-11/h5-7,9H,3-4H2,1-2H3,(H,18,19,20). The fourth-order valence-electron chi connectivity index (χ4n) is 2.11. The van der Waals surface area contributed by atoms with E-state index in [1.165, 1.54) is 18.5 Å². The molecule has 0 radical (unpaired) electrons. The number of halogens is 1. The maximum Gasteiger partial charge on any atom is 0.133 e. The van der Waals surface area contributed by atoms with Crippen LogP contribution in [0.25, 0.3) is 11.3 Å². The molecule has 2 aromatic rings. The molecule has 2 rings (SSSR count). The number of nitrogens with zero attached hydrogens (tertiary/aromatic N) is 3. The lowest BCUT2D eigenvalue weighted by molar-refractivity contribution is 0.627. The molecule has 0 amide bonds. The highest BCUT2D eigenvalue weighted by atomic mass is 19.1. The van der Waals surface area contributed by atoms with Gasteiger partial charge in [0.05, 0.1) is 17.3 Å². The molecule has 1 heterocycles. The molecule has 0 aliphatic heterocycles. The van der Waals surface area contributed by atoms with E-state index >= 15 is 0 Å². The first-order chi connectivity index (χ1) is 9.69. The van der Waals surface area contributed by atoms with E-state index in [9.17, 15) is 4.39 Å². The topological polar surface area (TPSA) is 61.6 Å². The smallest absolute Gasteiger partial charge is 0.133 e. The van der Waals surface area contributed by atoms with E-state index in [0.29, 0.717) is 11.3 Å². The van der Waals surface area contributed by atoms with Crippen molar-refractivity contribution in [3.05, 3.63) is 41.5 Å². The average molecular weight is 270 g/mol. The minimum Gasteiger partial charge on any atom is -0.370 e. The number of aromatic nitrogens is 2. The monoisotopic (exact) mass is 270 g/mol. The normalized spacial score (nSPS) is 10.1. The number of nitrogens with one attached hydrogen (secondary N) is 1. The Bertz CT molecular complexity index is 661. The number of rotatable bonds is 4. The molecule has 5 heteroatoms. The molecular formula is C15H15FN4. The average Bonchev–Trinajstić information content (AvgIpc) is 2.46. The van der Waals surface area contributed by atoms with Crippen LogP contribution >= 0.6 is 0 Å². The summed E-state index contributed by atoms with van der Waals surface area (Å²) in [4.78, 5) is 8.46. The summed E-state index contributed by atoms with van der Waals surface area (Å²) in [6.07, 6.45) is 2.17. The van der Waals surface area contributed by atoms with Crippen LogP contribution in [0.5, 0.6) is 0 Å². The van der Waals surface area contributed by atoms with Crippen LogP contribution < -0.4 is 5.32 Å². The van der Waals surface area contributed by atoms with Crippen molar-refractivity contribution in [2.24, 2.45) is 0 Å². The van der Waals surface area contributed by atoms with E-state index in [4.69, 9.17) is 5.26 Å².